The van der Waals surface area contributed by atoms with E-state index < -0.39 is 11.6 Å². The molecule has 0 aliphatic heterocycles. The molecule has 0 radical (unpaired) electrons. The van der Waals surface area contributed by atoms with Gasteiger partial charge in [0.15, 0.2) is 17.2 Å². The van der Waals surface area contributed by atoms with Crippen LogP contribution in [-0.4, -0.2) is 5.78 Å². The van der Waals surface area contributed by atoms with Crippen LogP contribution in [0, 0.1) is 24.5 Å². The fraction of sp³-hybridized carbons (Fsp3) is 0.438. The first kappa shape index (κ1) is 13.3. The summed E-state index contributed by atoms with van der Waals surface area (Å²) in [6.45, 7) is 1.68. The third kappa shape index (κ3) is 2.13. The summed E-state index contributed by atoms with van der Waals surface area (Å²) in [5.41, 5.74) is 0.511. The van der Waals surface area contributed by atoms with Gasteiger partial charge in [-0.15, -0.1) is 0 Å². The fourth-order valence-electron chi connectivity index (χ4n) is 3.03. The summed E-state index contributed by atoms with van der Waals surface area (Å²) < 4.78 is 32.4. The van der Waals surface area contributed by atoms with Gasteiger partial charge in [0.05, 0.1) is 0 Å². The van der Waals surface area contributed by atoms with Gasteiger partial charge in [-0.25, -0.2) is 8.78 Å². The first-order chi connectivity index (χ1) is 9.58. The molecule has 0 bridgehead atoms. The summed E-state index contributed by atoms with van der Waals surface area (Å²) in [7, 11) is 0. The van der Waals surface area contributed by atoms with Gasteiger partial charge in [0.2, 0.25) is 5.78 Å². The van der Waals surface area contributed by atoms with Gasteiger partial charge < -0.3 is 4.42 Å². The second kappa shape index (κ2) is 5.00. The third-order valence-corrected chi connectivity index (χ3v) is 4.16. The molecule has 1 aliphatic carbocycles. The first-order valence-electron chi connectivity index (χ1n) is 7.00. The number of hydrogen-bond donors (Lipinski definition) is 0. The van der Waals surface area contributed by atoms with Crippen LogP contribution in [0.1, 0.15) is 48.2 Å². The lowest BCUT2D eigenvalue weighted by Gasteiger charge is -2.19. The Morgan fingerprint density at radius 1 is 1.20 bits per heavy atom. The zero-order valence-electron chi connectivity index (χ0n) is 11.3. The standard InChI is InChI=1S/C16H16F2O2/c1-9-12-7-11(17)8-13(18)16(12)20-15(9)14(19)10-5-3-2-4-6-10/h7-8,10H,2-6H2,1H3. The fourth-order valence-corrected chi connectivity index (χ4v) is 3.03. The predicted octanol–water partition coefficient (Wildman–Crippen LogP) is 4.78. The molecule has 0 saturated heterocycles. The minimum atomic E-state index is -0.759. The Labute approximate surface area is 115 Å². The number of furan rings is 1. The number of Topliss-reactive ketones (excluding diaryl/α,β-unsaturated/α-hetero) is 1. The van der Waals surface area contributed by atoms with Crippen LogP contribution in [0.25, 0.3) is 11.0 Å². The molecule has 2 nitrogen and oxygen atoms in total. The van der Waals surface area contributed by atoms with E-state index in [0.29, 0.717) is 10.9 Å². The molecule has 0 N–H and O–H groups in total. The van der Waals surface area contributed by atoms with Crippen LogP contribution in [0.4, 0.5) is 8.78 Å². The summed E-state index contributed by atoms with van der Waals surface area (Å²) >= 11 is 0. The maximum absolute atomic E-state index is 13.7. The average molecular weight is 278 g/mol. The van der Waals surface area contributed by atoms with E-state index in [1.165, 1.54) is 6.07 Å². The Bertz CT molecular complexity index is 667. The van der Waals surface area contributed by atoms with E-state index in [1.807, 2.05) is 0 Å². The molecule has 0 atom stereocenters. The van der Waals surface area contributed by atoms with E-state index in [2.05, 4.69) is 0 Å². The largest absolute Gasteiger partial charge is 0.450 e. The van der Waals surface area contributed by atoms with E-state index >= 15 is 0 Å². The van der Waals surface area contributed by atoms with Crippen LogP contribution in [0.15, 0.2) is 16.5 Å². The maximum atomic E-state index is 13.7. The van der Waals surface area contributed by atoms with Gasteiger partial charge in [-0.3, -0.25) is 4.79 Å². The van der Waals surface area contributed by atoms with Crippen molar-refractivity contribution in [1.82, 2.24) is 0 Å². The van der Waals surface area contributed by atoms with E-state index in [4.69, 9.17) is 4.42 Å². The van der Waals surface area contributed by atoms with E-state index in [9.17, 15) is 13.6 Å². The van der Waals surface area contributed by atoms with Gasteiger partial charge in [0.25, 0.3) is 0 Å². The Kier molecular flexibility index (Phi) is 3.32. The van der Waals surface area contributed by atoms with E-state index in [1.54, 1.807) is 6.92 Å². The summed E-state index contributed by atoms with van der Waals surface area (Å²) in [4.78, 5) is 12.5. The number of fused-ring (bicyclic) bond motifs is 1. The Hall–Kier alpha value is -1.71. The van der Waals surface area contributed by atoms with Crippen LogP contribution in [0.2, 0.25) is 0 Å². The molecule has 1 heterocycles. The average Bonchev–Trinajstić information content (AvgIpc) is 2.77. The van der Waals surface area contributed by atoms with Gasteiger partial charge in [0, 0.05) is 22.9 Å². The highest BCUT2D eigenvalue weighted by atomic mass is 19.1. The van der Waals surface area contributed by atoms with Crippen molar-refractivity contribution in [3.05, 3.63) is 35.1 Å². The topological polar surface area (TPSA) is 30.2 Å². The number of rotatable bonds is 2. The molecule has 4 heteroatoms. The molecule has 0 amide bonds. The Morgan fingerprint density at radius 3 is 2.60 bits per heavy atom. The van der Waals surface area contributed by atoms with Crippen molar-refractivity contribution in [3.8, 4) is 0 Å². The molecule has 1 aromatic carbocycles. The Balaban J connectivity index is 2.05. The van der Waals surface area contributed by atoms with Gasteiger partial charge in [-0.05, 0) is 25.8 Å². The molecule has 0 spiro atoms. The summed E-state index contributed by atoms with van der Waals surface area (Å²) in [5, 5.41) is 0.349. The molecule has 1 saturated carbocycles. The van der Waals surface area contributed by atoms with Crippen molar-refractivity contribution in [1.29, 1.82) is 0 Å². The molecular formula is C16H16F2O2. The predicted molar refractivity (Wildman–Crippen MR) is 71.8 cm³/mol. The molecule has 1 fully saturated rings. The van der Waals surface area contributed by atoms with Crippen LogP contribution >= 0.6 is 0 Å². The van der Waals surface area contributed by atoms with Crippen molar-refractivity contribution >= 4 is 16.8 Å². The Morgan fingerprint density at radius 2 is 1.90 bits per heavy atom. The molecule has 0 unspecified atom stereocenters. The summed E-state index contributed by atoms with van der Waals surface area (Å²) in [5.74, 6) is -1.34. The zero-order valence-corrected chi connectivity index (χ0v) is 11.3. The summed E-state index contributed by atoms with van der Waals surface area (Å²) in [6, 6.07) is 2.00. The molecule has 20 heavy (non-hydrogen) atoms. The highest BCUT2D eigenvalue weighted by Gasteiger charge is 2.28. The van der Waals surface area contributed by atoms with E-state index in [-0.39, 0.29) is 23.0 Å². The number of benzene rings is 1. The number of hydrogen-bond acceptors (Lipinski definition) is 2. The van der Waals surface area contributed by atoms with Crippen molar-refractivity contribution in [3.63, 3.8) is 0 Å². The summed E-state index contributed by atoms with van der Waals surface area (Å²) in [6.07, 6.45) is 4.94. The molecule has 106 valence electrons. The van der Waals surface area contributed by atoms with Crippen molar-refractivity contribution in [2.45, 2.75) is 39.0 Å². The highest BCUT2D eigenvalue weighted by molar-refractivity contribution is 6.01. The molecule has 2 aromatic rings. The first-order valence-corrected chi connectivity index (χ1v) is 7.00. The van der Waals surface area contributed by atoms with Crippen molar-refractivity contribution < 1.29 is 18.0 Å². The molecular weight excluding hydrogens is 262 g/mol. The molecule has 1 aromatic heterocycles. The minimum Gasteiger partial charge on any atom is -0.450 e. The lowest BCUT2D eigenvalue weighted by Crippen LogP contribution is -2.17. The number of carbonyl (C=O) groups is 1. The van der Waals surface area contributed by atoms with Crippen LogP contribution in [-0.2, 0) is 0 Å². The van der Waals surface area contributed by atoms with Gasteiger partial charge in [0.1, 0.15) is 5.82 Å². The van der Waals surface area contributed by atoms with Crippen LogP contribution in [0.5, 0.6) is 0 Å². The zero-order chi connectivity index (χ0) is 14.3. The van der Waals surface area contributed by atoms with E-state index in [0.717, 1.165) is 38.2 Å². The molecule has 1 aliphatic rings. The maximum Gasteiger partial charge on any atom is 0.201 e. The quantitative estimate of drug-likeness (QED) is 0.740. The van der Waals surface area contributed by atoms with Gasteiger partial charge in [-0.1, -0.05) is 19.3 Å². The van der Waals surface area contributed by atoms with Gasteiger partial charge in [-0.2, -0.15) is 0 Å². The highest BCUT2D eigenvalue weighted by Crippen LogP contribution is 2.33. The number of ketones is 1. The van der Waals surface area contributed by atoms with Crippen LogP contribution < -0.4 is 0 Å². The lowest BCUT2D eigenvalue weighted by atomic mass is 9.85. The number of halogens is 2. The smallest absolute Gasteiger partial charge is 0.201 e. The second-order valence-corrected chi connectivity index (χ2v) is 5.52. The second-order valence-electron chi connectivity index (χ2n) is 5.52. The van der Waals surface area contributed by atoms with Gasteiger partial charge >= 0.3 is 0 Å². The van der Waals surface area contributed by atoms with Crippen molar-refractivity contribution in [2.24, 2.45) is 5.92 Å². The monoisotopic (exact) mass is 278 g/mol. The third-order valence-electron chi connectivity index (χ3n) is 4.16. The SMILES string of the molecule is Cc1c(C(=O)C2CCCCC2)oc2c(F)cc(F)cc12. The minimum absolute atomic E-state index is 0.0249. The van der Waals surface area contributed by atoms with Crippen molar-refractivity contribution in [2.75, 3.05) is 0 Å². The molecule has 3 rings (SSSR count). The normalized spacial score (nSPS) is 16.8. The lowest BCUT2D eigenvalue weighted by molar-refractivity contribution is 0.0862. The number of aryl methyl sites for hydroxylation is 1. The van der Waals surface area contributed by atoms with Crippen LogP contribution in [0.3, 0.4) is 0 Å². The number of carbonyl (C=O) groups excluding carboxylic acids is 1.